The van der Waals surface area contributed by atoms with E-state index >= 15 is 0 Å². The van der Waals surface area contributed by atoms with E-state index in [1.807, 2.05) is 28.9 Å². The van der Waals surface area contributed by atoms with Gasteiger partial charge in [0.15, 0.2) is 5.65 Å². The summed E-state index contributed by atoms with van der Waals surface area (Å²) in [6, 6.07) is 14.6. The van der Waals surface area contributed by atoms with Crippen molar-refractivity contribution in [3.8, 4) is 11.8 Å². The largest absolute Gasteiger partial charge is 0.383 e. The van der Waals surface area contributed by atoms with Crippen LogP contribution in [-0.2, 0) is 0 Å². The molecule has 1 aliphatic rings. The van der Waals surface area contributed by atoms with Gasteiger partial charge in [-0.25, -0.2) is 14.6 Å². The summed E-state index contributed by atoms with van der Waals surface area (Å²) in [6.45, 7) is 1.91. The molecule has 28 heavy (non-hydrogen) atoms. The van der Waals surface area contributed by atoms with E-state index in [0.717, 1.165) is 47.9 Å². The van der Waals surface area contributed by atoms with Crippen LogP contribution in [0.1, 0.15) is 30.1 Å². The molecule has 138 valence electrons. The Bertz CT molecular complexity index is 1220. The number of hydrogen-bond donors (Lipinski definition) is 2. The summed E-state index contributed by atoms with van der Waals surface area (Å²) in [5.74, 6) is 6.94. The van der Waals surface area contributed by atoms with Gasteiger partial charge < -0.3 is 11.1 Å². The maximum atomic E-state index is 6.17. The number of nitrogens with two attached hydrogens (primary N) is 1. The molecule has 0 radical (unpaired) electrons. The van der Waals surface area contributed by atoms with Crippen molar-refractivity contribution in [2.24, 2.45) is 0 Å². The molecule has 5 rings (SSSR count). The standard InChI is InChI=1S/C22H20N6/c23-21-20-19(11-10-16-7-3-6-15-5-1-2-9-18(15)16)27-28(22(20)26-14-25-21)17-8-4-12-24-13-17/h1-3,5-7,9,14,17,24H,4,8,12-13H2,(H2,23,25,26)/t17-/m1/s1. The number of rotatable bonds is 1. The third-order valence-corrected chi connectivity index (χ3v) is 5.24. The fraction of sp³-hybridized carbons (Fsp3) is 0.227. The molecule has 1 aliphatic heterocycles. The van der Waals surface area contributed by atoms with Gasteiger partial charge in [0.2, 0.25) is 0 Å². The smallest absolute Gasteiger partial charge is 0.164 e. The minimum atomic E-state index is 0.249. The van der Waals surface area contributed by atoms with E-state index in [1.54, 1.807) is 0 Å². The molecule has 0 unspecified atom stereocenters. The minimum Gasteiger partial charge on any atom is -0.383 e. The molecule has 3 heterocycles. The van der Waals surface area contributed by atoms with Crippen LogP contribution < -0.4 is 11.1 Å². The topological polar surface area (TPSA) is 81.7 Å². The number of hydrogen-bond acceptors (Lipinski definition) is 5. The average Bonchev–Trinajstić information content (AvgIpc) is 3.13. The van der Waals surface area contributed by atoms with Crippen LogP contribution in [0.4, 0.5) is 5.82 Å². The van der Waals surface area contributed by atoms with Crippen LogP contribution in [0.2, 0.25) is 0 Å². The second-order valence-corrected chi connectivity index (χ2v) is 7.03. The number of benzene rings is 2. The Morgan fingerprint density at radius 3 is 2.86 bits per heavy atom. The van der Waals surface area contributed by atoms with Gasteiger partial charge in [-0.3, -0.25) is 0 Å². The Morgan fingerprint density at radius 1 is 1.07 bits per heavy atom. The van der Waals surface area contributed by atoms with Gasteiger partial charge in [0.25, 0.3) is 0 Å². The van der Waals surface area contributed by atoms with Crippen molar-refractivity contribution in [2.45, 2.75) is 18.9 Å². The fourth-order valence-corrected chi connectivity index (χ4v) is 3.84. The van der Waals surface area contributed by atoms with E-state index in [9.17, 15) is 0 Å². The number of anilines is 1. The predicted octanol–water partition coefficient (Wildman–Crippen LogP) is 2.89. The summed E-state index contributed by atoms with van der Waals surface area (Å²) in [7, 11) is 0. The zero-order valence-corrected chi connectivity index (χ0v) is 15.4. The maximum absolute atomic E-state index is 6.17. The molecule has 1 fully saturated rings. The van der Waals surface area contributed by atoms with Gasteiger partial charge in [-0.2, -0.15) is 5.10 Å². The minimum absolute atomic E-state index is 0.249. The van der Waals surface area contributed by atoms with Crippen LogP contribution in [0.3, 0.4) is 0 Å². The summed E-state index contributed by atoms with van der Waals surface area (Å²) in [6.07, 6.45) is 3.67. The highest BCUT2D eigenvalue weighted by molar-refractivity contribution is 5.92. The van der Waals surface area contributed by atoms with Crippen LogP contribution in [0.25, 0.3) is 21.8 Å². The highest BCUT2D eigenvalue weighted by atomic mass is 15.3. The predicted molar refractivity (Wildman–Crippen MR) is 111 cm³/mol. The van der Waals surface area contributed by atoms with Crippen molar-refractivity contribution >= 4 is 27.6 Å². The van der Waals surface area contributed by atoms with Crippen molar-refractivity contribution in [1.29, 1.82) is 0 Å². The molecule has 1 saturated heterocycles. The van der Waals surface area contributed by atoms with E-state index in [2.05, 4.69) is 45.3 Å². The summed E-state index contributed by atoms with van der Waals surface area (Å²) < 4.78 is 1.96. The number of nitrogens with one attached hydrogen (secondary N) is 1. The monoisotopic (exact) mass is 368 g/mol. The van der Waals surface area contributed by atoms with Crippen LogP contribution in [0.5, 0.6) is 0 Å². The molecule has 0 spiro atoms. The SMILES string of the molecule is Nc1ncnc2c1c(C#Cc1cccc3ccccc13)nn2[C@@H]1CCCNC1. The summed E-state index contributed by atoms with van der Waals surface area (Å²) in [5, 5.41) is 11.2. The molecule has 3 N–H and O–H groups in total. The van der Waals surface area contributed by atoms with E-state index in [-0.39, 0.29) is 6.04 Å². The lowest BCUT2D eigenvalue weighted by Crippen LogP contribution is -2.32. The molecule has 0 amide bonds. The highest BCUT2D eigenvalue weighted by Gasteiger charge is 2.22. The lowest BCUT2D eigenvalue weighted by atomic mass is 10.0. The molecule has 1 atom stereocenters. The molecule has 0 bridgehead atoms. The zero-order chi connectivity index (χ0) is 18.9. The first-order chi connectivity index (χ1) is 13.8. The van der Waals surface area contributed by atoms with Gasteiger partial charge in [-0.05, 0) is 42.1 Å². The molecule has 4 aromatic rings. The van der Waals surface area contributed by atoms with Gasteiger partial charge in [-0.15, -0.1) is 0 Å². The van der Waals surface area contributed by atoms with E-state index in [4.69, 9.17) is 10.8 Å². The normalized spacial score (nSPS) is 16.8. The first-order valence-corrected chi connectivity index (χ1v) is 9.50. The molecular formula is C22H20N6. The summed E-state index contributed by atoms with van der Waals surface area (Å²) in [4.78, 5) is 8.62. The van der Waals surface area contributed by atoms with Crippen molar-refractivity contribution in [2.75, 3.05) is 18.8 Å². The Hall–Kier alpha value is -3.43. The summed E-state index contributed by atoms with van der Waals surface area (Å²) >= 11 is 0. The lowest BCUT2D eigenvalue weighted by Gasteiger charge is -2.23. The van der Waals surface area contributed by atoms with E-state index in [0.29, 0.717) is 11.5 Å². The maximum Gasteiger partial charge on any atom is 0.164 e. The third kappa shape index (κ3) is 2.86. The molecule has 0 aliphatic carbocycles. The van der Waals surface area contributed by atoms with Crippen LogP contribution >= 0.6 is 0 Å². The third-order valence-electron chi connectivity index (χ3n) is 5.24. The van der Waals surface area contributed by atoms with E-state index < -0.39 is 0 Å². The number of nitrogens with zero attached hydrogens (tertiary/aromatic N) is 4. The second-order valence-electron chi connectivity index (χ2n) is 7.03. The number of aromatic nitrogens is 4. The van der Waals surface area contributed by atoms with Gasteiger partial charge in [0.05, 0.1) is 11.4 Å². The molecule has 2 aromatic heterocycles. The van der Waals surface area contributed by atoms with Crippen LogP contribution in [-0.4, -0.2) is 32.8 Å². The van der Waals surface area contributed by atoms with Crippen molar-refractivity contribution < 1.29 is 0 Å². The molecular weight excluding hydrogens is 348 g/mol. The first-order valence-electron chi connectivity index (χ1n) is 9.50. The summed E-state index contributed by atoms with van der Waals surface area (Å²) in [5.41, 5.74) is 8.52. The van der Waals surface area contributed by atoms with Crippen molar-refractivity contribution in [1.82, 2.24) is 25.1 Å². The van der Waals surface area contributed by atoms with Crippen molar-refractivity contribution in [3.05, 3.63) is 60.0 Å². The highest BCUT2D eigenvalue weighted by Crippen LogP contribution is 2.26. The van der Waals surface area contributed by atoms with Gasteiger partial charge in [-0.1, -0.05) is 42.3 Å². The number of piperidine rings is 1. The van der Waals surface area contributed by atoms with Crippen LogP contribution in [0.15, 0.2) is 48.8 Å². The fourth-order valence-electron chi connectivity index (χ4n) is 3.84. The Labute approximate surface area is 162 Å². The Balaban J connectivity index is 1.65. The number of fused-ring (bicyclic) bond motifs is 2. The number of nitrogen functional groups attached to an aromatic ring is 1. The molecule has 6 heteroatoms. The molecule has 0 saturated carbocycles. The van der Waals surface area contributed by atoms with E-state index in [1.165, 1.54) is 11.7 Å². The second kappa shape index (κ2) is 6.95. The Morgan fingerprint density at radius 2 is 1.96 bits per heavy atom. The zero-order valence-electron chi connectivity index (χ0n) is 15.4. The van der Waals surface area contributed by atoms with Gasteiger partial charge in [0.1, 0.15) is 17.8 Å². The first kappa shape index (κ1) is 16.7. The molecule has 6 nitrogen and oxygen atoms in total. The van der Waals surface area contributed by atoms with Crippen LogP contribution in [0, 0.1) is 11.8 Å². The Kier molecular flexibility index (Phi) is 4.15. The molecule has 2 aromatic carbocycles. The van der Waals surface area contributed by atoms with Gasteiger partial charge in [0, 0.05) is 12.1 Å². The van der Waals surface area contributed by atoms with Gasteiger partial charge >= 0.3 is 0 Å². The average molecular weight is 368 g/mol. The quantitative estimate of drug-likeness (QED) is 0.505. The van der Waals surface area contributed by atoms with Crippen molar-refractivity contribution in [3.63, 3.8) is 0 Å². The lowest BCUT2D eigenvalue weighted by molar-refractivity contribution is 0.353.